The second kappa shape index (κ2) is 11.3. The van der Waals surface area contributed by atoms with Gasteiger partial charge in [-0.2, -0.15) is 0 Å². The average molecular weight is 547 g/mol. The molecule has 9 nitrogen and oxygen atoms in total. The molecule has 2 aromatic carbocycles. The molecule has 38 heavy (non-hydrogen) atoms. The number of fused-ring (bicyclic) bond motifs is 3. The van der Waals surface area contributed by atoms with Crippen molar-refractivity contribution in [3.05, 3.63) is 72.3 Å². The molecule has 0 unspecified atom stereocenters. The van der Waals surface area contributed by atoms with Crippen LogP contribution in [0.15, 0.2) is 69.8 Å². The summed E-state index contributed by atoms with van der Waals surface area (Å²) in [6, 6.07) is 13.4. The van der Waals surface area contributed by atoms with Crippen LogP contribution in [0.25, 0.3) is 21.9 Å². The smallest absolute Gasteiger partial charge is 0.234 e. The number of ether oxygens (including phenoxy) is 1. The Kier molecular flexibility index (Phi) is 7.66. The quantitative estimate of drug-likeness (QED) is 0.132. The van der Waals surface area contributed by atoms with Crippen LogP contribution >= 0.6 is 23.5 Å². The van der Waals surface area contributed by atoms with E-state index >= 15 is 0 Å². The van der Waals surface area contributed by atoms with E-state index < -0.39 is 0 Å². The van der Waals surface area contributed by atoms with Crippen molar-refractivity contribution in [3.63, 3.8) is 0 Å². The van der Waals surface area contributed by atoms with Crippen molar-refractivity contribution in [2.24, 2.45) is 0 Å². The van der Waals surface area contributed by atoms with E-state index in [1.54, 1.807) is 19.3 Å². The monoisotopic (exact) mass is 546 g/mol. The molecule has 0 aliphatic heterocycles. The van der Waals surface area contributed by atoms with Crippen LogP contribution in [0.2, 0.25) is 0 Å². The van der Waals surface area contributed by atoms with Gasteiger partial charge in [-0.25, -0.2) is 9.97 Å². The van der Waals surface area contributed by atoms with E-state index in [4.69, 9.17) is 9.15 Å². The van der Waals surface area contributed by atoms with Gasteiger partial charge in [0.1, 0.15) is 22.7 Å². The maximum absolute atomic E-state index is 12.9. The Morgan fingerprint density at radius 2 is 1.87 bits per heavy atom. The minimum atomic E-state index is -0.198. The lowest BCUT2D eigenvalue weighted by molar-refractivity contribution is -0.113. The third-order valence-corrected chi connectivity index (χ3v) is 7.51. The number of benzene rings is 2. The van der Waals surface area contributed by atoms with Crippen LogP contribution in [0.5, 0.6) is 5.75 Å². The molecule has 0 aliphatic rings. The Bertz CT molecular complexity index is 1620. The predicted octanol–water partition coefficient (Wildman–Crippen LogP) is 5.80. The number of aryl methyl sites for hydroxylation is 2. The van der Waals surface area contributed by atoms with Gasteiger partial charge in [0.25, 0.3) is 0 Å². The van der Waals surface area contributed by atoms with E-state index in [1.807, 2.05) is 54.8 Å². The normalized spacial score (nSPS) is 11.2. The summed E-state index contributed by atoms with van der Waals surface area (Å²) in [5, 5.41) is 14.9. The number of anilines is 1. The summed E-state index contributed by atoms with van der Waals surface area (Å²) in [7, 11) is 1.58. The van der Waals surface area contributed by atoms with Gasteiger partial charge in [-0.1, -0.05) is 47.8 Å². The molecule has 0 aliphatic carbocycles. The maximum Gasteiger partial charge on any atom is 0.234 e. The molecule has 11 heteroatoms. The summed E-state index contributed by atoms with van der Waals surface area (Å²) >= 11 is 2.80. The highest BCUT2D eigenvalue weighted by Crippen LogP contribution is 2.36. The Morgan fingerprint density at radius 1 is 1.08 bits per heavy atom. The minimum absolute atomic E-state index is 0.143. The Balaban J connectivity index is 1.28. The predicted molar refractivity (Wildman–Crippen MR) is 151 cm³/mol. The Hall–Kier alpha value is -3.83. The van der Waals surface area contributed by atoms with Gasteiger partial charge < -0.3 is 19.0 Å². The van der Waals surface area contributed by atoms with Crippen molar-refractivity contribution in [2.45, 2.75) is 36.5 Å². The molecule has 0 atom stereocenters. The number of nitrogens with one attached hydrogen (secondary N) is 1. The zero-order valence-electron chi connectivity index (χ0n) is 21.2. The molecule has 5 aromatic rings. The number of carbonyl (C=O) groups excluding carboxylic acids is 1. The number of aromatic nitrogens is 5. The van der Waals surface area contributed by atoms with Crippen molar-refractivity contribution >= 4 is 57.1 Å². The highest BCUT2D eigenvalue weighted by atomic mass is 32.2. The number of hydrogen-bond donors (Lipinski definition) is 1. The summed E-state index contributed by atoms with van der Waals surface area (Å²) in [6.07, 6.45) is 1.78. The molecular formula is C27H26N6O3S2. The fourth-order valence-corrected chi connectivity index (χ4v) is 5.72. The standard InChI is InChI=1S/C27H26N6O3S2/c1-5-10-33-24(14-37-26-28-16(2)11-17(3)29-26)31-32-27(33)38-15-25(34)30-20-13-22-19(12-23(20)35-4)18-8-6-7-9-21(18)36-22/h5-9,11-13H,1,10,14-15H2,2-4H3,(H,30,34). The number of furan rings is 1. The molecule has 3 heterocycles. The average Bonchev–Trinajstić information content (AvgIpc) is 3.45. The maximum atomic E-state index is 12.9. The van der Waals surface area contributed by atoms with Crippen molar-refractivity contribution in [1.29, 1.82) is 0 Å². The summed E-state index contributed by atoms with van der Waals surface area (Å²) in [5.41, 5.74) is 3.85. The second-order valence-electron chi connectivity index (χ2n) is 8.50. The number of hydrogen-bond acceptors (Lipinski definition) is 9. The first kappa shape index (κ1) is 25.8. The SMILES string of the molecule is C=CCn1c(CSc2nc(C)cc(C)n2)nnc1SCC(=O)Nc1cc2oc3ccccc3c2cc1OC. The van der Waals surface area contributed by atoms with Gasteiger partial charge >= 0.3 is 0 Å². The summed E-state index contributed by atoms with van der Waals surface area (Å²) in [5.74, 6) is 1.81. The van der Waals surface area contributed by atoms with Crippen molar-refractivity contribution in [1.82, 2.24) is 24.7 Å². The second-order valence-corrected chi connectivity index (χ2v) is 10.4. The van der Waals surface area contributed by atoms with Gasteiger partial charge in [-0.3, -0.25) is 4.79 Å². The van der Waals surface area contributed by atoms with E-state index in [0.717, 1.165) is 33.6 Å². The van der Waals surface area contributed by atoms with Gasteiger partial charge in [0.15, 0.2) is 10.3 Å². The Labute approximate surface area is 228 Å². The fourth-order valence-electron chi connectivity index (χ4n) is 4.07. The van der Waals surface area contributed by atoms with Crippen LogP contribution in [0.1, 0.15) is 17.2 Å². The lowest BCUT2D eigenvalue weighted by atomic mass is 10.1. The number of para-hydroxylation sites is 1. The molecule has 1 amide bonds. The molecule has 0 saturated heterocycles. The van der Waals surface area contributed by atoms with Crippen LogP contribution in [0, 0.1) is 13.8 Å². The molecule has 0 radical (unpaired) electrons. The largest absolute Gasteiger partial charge is 0.495 e. The molecule has 194 valence electrons. The first-order valence-corrected chi connectivity index (χ1v) is 13.8. The van der Waals surface area contributed by atoms with Crippen LogP contribution in [0.4, 0.5) is 5.69 Å². The van der Waals surface area contributed by atoms with Crippen molar-refractivity contribution < 1.29 is 13.9 Å². The number of carbonyl (C=O) groups is 1. The fraction of sp³-hybridized carbons (Fsp3) is 0.222. The van der Waals surface area contributed by atoms with E-state index in [0.29, 0.717) is 39.6 Å². The van der Waals surface area contributed by atoms with Crippen molar-refractivity contribution in [2.75, 3.05) is 18.2 Å². The van der Waals surface area contributed by atoms with Crippen LogP contribution in [-0.2, 0) is 17.1 Å². The lowest BCUT2D eigenvalue weighted by Crippen LogP contribution is -2.15. The molecule has 1 N–H and O–H groups in total. The van der Waals surface area contributed by atoms with Crippen molar-refractivity contribution in [3.8, 4) is 5.75 Å². The molecule has 0 saturated carbocycles. The van der Waals surface area contributed by atoms with Gasteiger partial charge in [0.05, 0.1) is 24.3 Å². The summed E-state index contributed by atoms with van der Waals surface area (Å²) in [6.45, 7) is 8.27. The van der Waals surface area contributed by atoms with Crippen LogP contribution in [-0.4, -0.2) is 43.5 Å². The number of rotatable bonds is 10. The highest BCUT2D eigenvalue weighted by Gasteiger charge is 2.17. The Morgan fingerprint density at radius 3 is 2.63 bits per heavy atom. The molecule has 5 rings (SSSR count). The van der Waals surface area contributed by atoms with E-state index in [2.05, 4.69) is 32.1 Å². The van der Waals surface area contributed by atoms with E-state index in [-0.39, 0.29) is 11.7 Å². The zero-order valence-corrected chi connectivity index (χ0v) is 22.9. The first-order valence-electron chi connectivity index (χ1n) is 11.8. The number of amides is 1. The van der Waals surface area contributed by atoms with Gasteiger partial charge in [-0.15, -0.1) is 16.8 Å². The van der Waals surface area contributed by atoms with Gasteiger partial charge in [0.2, 0.25) is 5.91 Å². The summed E-state index contributed by atoms with van der Waals surface area (Å²) in [4.78, 5) is 21.8. The first-order chi connectivity index (χ1) is 18.4. The lowest BCUT2D eigenvalue weighted by Gasteiger charge is -2.11. The highest BCUT2D eigenvalue weighted by molar-refractivity contribution is 7.99. The number of thioether (sulfide) groups is 2. The molecule has 0 spiro atoms. The topological polar surface area (TPSA) is 108 Å². The molecule has 3 aromatic heterocycles. The molecule has 0 fully saturated rings. The van der Waals surface area contributed by atoms with Gasteiger partial charge in [-0.05, 0) is 32.0 Å². The molecular weight excluding hydrogens is 520 g/mol. The number of methoxy groups -OCH3 is 1. The minimum Gasteiger partial charge on any atom is -0.495 e. The van der Waals surface area contributed by atoms with Gasteiger partial charge in [0, 0.05) is 34.8 Å². The van der Waals surface area contributed by atoms with Crippen LogP contribution < -0.4 is 10.1 Å². The van der Waals surface area contributed by atoms with E-state index in [9.17, 15) is 4.79 Å². The summed E-state index contributed by atoms with van der Waals surface area (Å²) < 4.78 is 13.5. The number of allylic oxidation sites excluding steroid dienone is 1. The molecule has 0 bridgehead atoms. The van der Waals surface area contributed by atoms with Crippen LogP contribution in [0.3, 0.4) is 0 Å². The number of nitrogens with zero attached hydrogens (tertiary/aromatic N) is 5. The third-order valence-electron chi connectivity index (χ3n) is 5.70. The van der Waals surface area contributed by atoms with E-state index in [1.165, 1.54) is 23.5 Å². The third kappa shape index (κ3) is 5.53. The zero-order chi connectivity index (χ0) is 26.6.